The monoisotopic (exact) mass is 416 g/mol. The summed E-state index contributed by atoms with van der Waals surface area (Å²) in [6.07, 6.45) is 3.67. The van der Waals surface area contributed by atoms with Crippen molar-refractivity contribution < 1.29 is 9.53 Å². The Balaban J connectivity index is 1.73. The summed E-state index contributed by atoms with van der Waals surface area (Å²) in [5.74, 6) is 0. The number of carbonyl (C=O) groups is 1. The first-order chi connectivity index (χ1) is 11.2. The van der Waals surface area contributed by atoms with Crippen molar-refractivity contribution in [1.82, 2.24) is 10.6 Å². The van der Waals surface area contributed by atoms with Crippen molar-refractivity contribution in [2.24, 2.45) is 0 Å². The Hall–Kier alpha value is -0.780. The van der Waals surface area contributed by atoms with Crippen LogP contribution in [0, 0.1) is 0 Å². The van der Waals surface area contributed by atoms with Gasteiger partial charge in [-0.25, -0.2) is 4.79 Å². The summed E-state index contributed by atoms with van der Waals surface area (Å²) in [5, 5.41) is 7.32. The molecule has 1 amide bonds. The van der Waals surface area contributed by atoms with Gasteiger partial charge in [-0.2, -0.15) is 0 Å². The molecule has 4 nitrogen and oxygen atoms in total. The predicted molar refractivity (Wildman–Crippen MR) is 101 cm³/mol. The maximum Gasteiger partial charge on any atom is 0.407 e. The van der Waals surface area contributed by atoms with Crippen LogP contribution in [-0.2, 0) is 11.3 Å². The van der Waals surface area contributed by atoms with Crippen LogP contribution in [-0.4, -0.2) is 23.8 Å². The van der Waals surface area contributed by atoms with Crippen LogP contribution >= 0.6 is 27.5 Å². The van der Waals surface area contributed by atoms with Gasteiger partial charge < -0.3 is 15.4 Å². The highest BCUT2D eigenvalue weighted by Gasteiger charge is 2.24. The summed E-state index contributed by atoms with van der Waals surface area (Å²) in [5.41, 5.74) is 0.645. The van der Waals surface area contributed by atoms with E-state index in [2.05, 4.69) is 26.6 Å². The molecule has 0 spiro atoms. The van der Waals surface area contributed by atoms with Crippen LogP contribution in [0.3, 0.4) is 0 Å². The fraction of sp³-hybridized carbons (Fsp3) is 0.611. The Bertz CT molecular complexity index is 567. The summed E-state index contributed by atoms with van der Waals surface area (Å²) >= 11 is 9.70. The van der Waals surface area contributed by atoms with Gasteiger partial charge in [-0.05, 0) is 70.2 Å². The minimum absolute atomic E-state index is 0.201. The van der Waals surface area contributed by atoms with E-state index >= 15 is 0 Å². The van der Waals surface area contributed by atoms with Crippen molar-refractivity contribution in [2.45, 2.75) is 70.7 Å². The summed E-state index contributed by atoms with van der Waals surface area (Å²) in [7, 11) is 0. The number of nitrogens with one attached hydrogen (secondary N) is 2. The van der Waals surface area contributed by atoms with E-state index in [1.165, 1.54) is 0 Å². The topological polar surface area (TPSA) is 50.4 Å². The van der Waals surface area contributed by atoms with Gasteiger partial charge in [0, 0.05) is 28.1 Å². The van der Waals surface area contributed by atoms with E-state index in [-0.39, 0.29) is 12.1 Å². The van der Waals surface area contributed by atoms with Gasteiger partial charge in [-0.1, -0.05) is 27.5 Å². The summed E-state index contributed by atoms with van der Waals surface area (Å²) in [6, 6.07) is 6.55. The zero-order valence-electron chi connectivity index (χ0n) is 14.5. The molecule has 24 heavy (non-hydrogen) atoms. The maximum absolute atomic E-state index is 11.8. The molecule has 1 aromatic rings. The Labute approximate surface area is 157 Å². The lowest BCUT2D eigenvalue weighted by Gasteiger charge is -2.30. The van der Waals surface area contributed by atoms with Gasteiger partial charge in [0.25, 0.3) is 0 Å². The van der Waals surface area contributed by atoms with E-state index in [4.69, 9.17) is 16.3 Å². The molecule has 0 aromatic heterocycles. The number of halogens is 2. The molecule has 0 atom stereocenters. The van der Waals surface area contributed by atoms with Crippen LogP contribution < -0.4 is 10.6 Å². The van der Waals surface area contributed by atoms with Crippen LogP contribution in [0.15, 0.2) is 22.7 Å². The molecular formula is C18H26BrClN2O2. The van der Waals surface area contributed by atoms with E-state index in [1.807, 2.05) is 39.0 Å². The van der Waals surface area contributed by atoms with Gasteiger partial charge in [0.15, 0.2) is 0 Å². The Morgan fingerprint density at radius 2 is 1.88 bits per heavy atom. The average Bonchev–Trinajstić information content (AvgIpc) is 2.47. The Morgan fingerprint density at radius 1 is 1.25 bits per heavy atom. The highest BCUT2D eigenvalue weighted by atomic mass is 79.9. The van der Waals surface area contributed by atoms with Crippen molar-refractivity contribution >= 4 is 33.6 Å². The molecule has 2 rings (SSSR count). The second kappa shape index (κ2) is 8.54. The number of rotatable bonds is 4. The smallest absolute Gasteiger partial charge is 0.407 e. The average molecular weight is 418 g/mol. The molecule has 0 saturated heterocycles. The number of carbonyl (C=O) groups excluding carboxylic acids is 1. The van der Waals surface area contributed by atoms with Crippen LogP contribution in [0.4, 0.5) is 4.79 Å². The Morgan fingerprint density at radius 3 is 2.50 bits per heavy atom. The predicted octanol–water partition coefficient (Wildman–Crippen LogP) is 5.03. The first-order valence-corrected chi connectivity index (χ1v) is 9.57. The van der Waals surface area contributed by atoms with E-state index in [1.54, 1.807) is 0 Å². The van der Waals surface area contributed by atoms with Gasteiger partial charge in [0.05, 0.1) is 0 Å². The number of benzene rings is 1. The zero-order chi connectivity index (χ0) is 17.7. The van der Waals surface area contributed by atoms with Crippen molar-refractivity contribution in [3.8, 4) is 0 Å². The lowest BCUT2D eigenvalue weighted by atomic mass is 9.91. The van der Waals surface area contributed by atoms with Crippen molar-refractivity contribution in [3.05, 3.63) is 33.3 Å². The lowest BCUT2D eigenvalue weighted by Crippen LogP contribution is -2.43. The van der Waals surface area contributed by atoms with E-state index in [0.717, 1.165) is 47.3 Å². The summed E-state index contributed by atoms with van der Waals surface area (Å²) < 4.78 is 6.35. The minimum Gasteiger partial charge on any atom is -0.444 e. The molecule has 0 bridgehead atoms. The quantitative estimate of drug-likeness (QED) is 0.722. The van der Waals surface area contributed by atoms with Crippen LogP contribution in [0.2, 0.25) is 5.02 Å². The summed E-state index contributed by atoms with van der Waals surface area (Å²) in [6.45, 7) is 6.38. The molecule has 0 unspecified atom stereocenters. The molecule has 1 fully saturated rings. The molecular weight excluding hydrogens is 392 g/mol. The minimum atomic E-state index is -0.452. The van der Waals surface area contributed by atoms with Crippen LogP contribution in [0.1, 0.15) is 52.0 Å². The van der Waals surface area contributed by atoms with E-state index in [0.29, 0.717) is 6.04 Å². The normalized spacial score (nSPS) is 21.4. The fourth-order valence-corrected chi connectivity index (χ4v) is 3.44. The molecule has 0 aliphatic heterocycles. The lowest BCUT2D eigenvalue weighted by molar-refractivity contribution is 0.0490. The SMILES string of the molecule is CC(C)(C)OC(=O)NC1CCC(NCc2cc(Br)ccc2Cl)CC1. The van der Waals surface area contributed by atoms with Crippen LogP contribution in [0.25, 0.3) is 0 Å². The van der Waals surface area contributed by atoms with Gasteiger partial charge in [0.2, 0.25) is 0 Å². The van der Waals surface area contributed by atoms with Gasteiger partial charge in [-0.3, -0.25) is 0 Å². The molecule has 1 saturated carbocycles. The van der Waals surface area contributed by atoms with Gasteiger partial charge in [0.1, 0.15) is 5.60 Å². The molecule has 0 heterocycles. The third kappa shape index (κ3) is 6.61. The maximum atomic E-state index is 11.8. The molecule has 0 radical (unpaired) electrons. The molecule has 1 aliphatic carbocycles. The second-order valence-electron chi connectivity index (χ2n) is 7.31. The van der Waals surface area contributed by atoms with E-state index < -0.39 is 5.60 Å². The summed E-state index contributed by atoms with van der Waals surface area (Å²) in [4.78, 5) is 11.8. The molecule has 2 N–H and O–H groups in total. The Kier molecular flexibility index (Phi) is 6.96. The third-order valence-corrected chi connectivity index (χ3v) is 4.90. The van der Waals surface area contributed by atoms with Gasteiger partial charge in [-0.15, -0.1) is 0 Å². The highest BCUT2D eigenvalue weighted by molar-refractivity contribution is 9.10. The number of hydrogen-bond acceptors (Lipinski definition) is 3. The number of hydrogen-bond donors (Lipinski definition) is 2. The first-order valence-electron chi connectivity index (χ1n) is 8.40. The van der Waals surface area contributed by atoms with Crippen LogP contribution in [0.5, 0.6) is 0 Å². The van der Waals surface area contributed by atoms with E-state index in [9.17, 15) is 4.79 Å². The molecule has 1 aliphatic rings. The highest BCUT2D eigenvalue weighted by Crippen LogP contribution is 2.23. The number of alkyl carbamates (subject to hydrolysis) is 1. The zero-order valence-corrected chi connectivity index (χ0v) is 16.8. The van der Waals surface area contributed by atoms with Crippen molar-refractivity contribution in [3.63, 3.8) is 0 Å². The number of amides is 1. The standard InChI is InChI=1S/C18H26BrClN2O2/c1-18(2,3)24-17(23)22-15-7-5-14(6-8-15)21-11-12-10-13(19)4-9-16(12)20/h4,9-10,14-15,21H,5-8,11H2,1-3H3,(H,22,23). The number of ether oxygens (including phenoxy) is 1. The van der Waals surface area contributed by atoms with Crippen molar-refractivity contribution in [2.75, 3.05) is 0 Å². The molecule has 6 heteroatoms. The first kappa shape index (κ1) is 19.5. The third-order valence-electron chi connectivity index (χ3n) is 4.04. The largest absolute Gasteiger partial charge is 0.444 e. The van der Waals surface area contributed by atoms with Crippen molar-refractivity contribution in [1.29, 1.82) is 0 Å². The second-order valence-corrected chi connectivity index (χ2v) is 8.63. The van der Waals surface area contributed by atoms with Gasteiger partial charge >= 0.3 is 6.09 Å². The fourth-order valence-electron chi connectivity index (χ4n) is 2.85. The molecule has 1 aromatic carbocycles. The molecule has 134 valence electrons.